The van der Waals surface area contributed by atoms with Crippen LogP contribution in [0.15, 0.2) is 45.6 Å². The molecule has 1 heterocycles. The number of methoxy groups -OCH3 is 1. The van der Waals surface area contributed by atoms with E-state index in [1.165, 1.54) is 25.3 Å². The van der Waals surface area contributed by atoms with Crippen LogP contribution in [0.2, 0.25) is 5.02 Å². The van der Waals surface area contributed by atoms with E-state index < -0.39 is 17.4 Å². The number of hydrogen-bond donors (Lipinski definition) is 0. The number of aryl methyl sites for hydroxylation is 1. The molecule has 0 radical (unpaired) electrons. The lowest BCUT2D eigenvalue weighted by Gasteiger charge is -2.09. The summed E-state index contributed by atoms with van der Waals surface area (Å²) in [5.74, 6) is -1.01. The zero-order chi connectivity index (χ0) is 19.6. The van der Waals surface area contributed by atoms with Gasteiger partial charge in [0.25, 0.3) is 0 Å². The number of halogens is 2. The predicted molar refractivity (Wildman–Crippen MR) is 98.7 cm³/mol. The molecule has 0 aliphatic carbocycles. The fourth-order valence-corrected chi connectivity index (χ4v) is 2.83. The topological polar surface area (TPSA) is 65.7 Å². The molecule has 27 heavy (non-hydrogen) atoms. The van der Waals surface area contributed by atoms with Crippen molar-refractivity contribution in [1.29, 1.82) is 0 Å². The Kier molecular flexibility index (Phi) is 5.46. The van der Waals surface area contributed by atoms with Crippen molar-refractivity contribution in [3.63, 3.8) is 0 Å². The largest absolute Gasteiger partial charge is 0.494 e. The second-order valence-corrected chi connectivity index (χ2v) is 6.40. The third-order valence-electron chi connectivity index (χ3n) is 4.06. The summed E-state index contributed by atoms with van der Waals surface area (Å²) < 4.78 is 29.0. The molecular formula is C20H16ClFO5. The summed E-state index contributed by atoms with van der Waals surface area (Å²) in [4.78, 5) is 23.8. The first-order valence-corrected chi connectivity index (χ1v) is 8.46. The second-order valence-electron chi connectivity index (χ2n) is 5.99. The van der Waals surface area contributed by atoms with Crippen molar-refractivity contribution < 1.29 is 23.1 Å². The number of carbonyl (C=O) groups is 1. The van der Waals surface area contributed by atoms with Gasteiger partial charge in [0.2, 0.25) is 0 Å². The second kappa shape index (κ2) is 7.80. The predicted octanol–water partition coefficient (Wildman–Crippen LogP) is 4.19. The Morgan fingerprint density at radius 2 is 2.00 bits per heavy atom. The number of fused-ring (bicyclic) bond motifs is 1. The maximum absolute atomic E-state index is 13.7. The number of ether oxygens (including phenoxy) is 2. The van der Waals surface area contributed by atoms with E-state index in [4.69, 9.17) is 25.5 Å². The molecule has 0 aliphatic heterocycles. The number of hydrogen-bond acceptors (Lipinski definition) is 5. The van der Waals surface area contributed by atoms with Crippen LogP contribution in [0, 0.1) is 12.7 Å². The van der Waals surface area contributed by atoms with Crippen molar-refractivity contribution in [2.75, 3.05) is 7.11 Å². The molecule has 0 fully saturated rings. The highest BCUT2D eigenvalue weighted by Crippen LogP contribution is 2.25. The molecule has 0 atom stereocenters. The van der Waals surface area contributed by atoms with Gasteiger partial charge < -0.3 is 13.9 Å². The zero-order valence-electron chi connectivity index (χ0n) is 14.7. The Bertz CT molecular complexity index is 1070. The lowest BCUT2D eigenvalue weighted by Crippen LogP contribution is -2.10. The summed E-state index contributed by atoms with van der Waals surface area (Å²) >= 11 is 6.14. The molecule has 0 bridgehead atoms. The average Bonchev–Trinajstić information content (AvgIpc) is 2.61. The van der Waals surface area contributed by atoms with E-state index in [1.807, 2.05) is 0 Å². The van der Waals surface area contributed by atoms with Gasteiger partial charge in [-0.05, 0) is 42.3 Å². The fourth-order valence-electron chi connectivity index (χ4n) is 2.66. The van der Waals surface area contributed by atoms with Crippen molar-refractivity contribution in [2.24, 2.45) is 0 Å². The van der Waals surface area contributed by atoms with E-state index in [9.17, 15) is 14.0 Å². The molecule has 0 amide bonds. The van der Waals surface area contributed by atoms with Gasteiger partial charge in [0.1, 0.15) is 12.2 Å². The molecule has 0 N–H and O–H groups in total. The van der Waals surface area contributed by atoms with Crippen LogP contribution in [-0.4, -0.2) is 13.1 Å². The minimum Gasteiger partial charge on any atom is -0.494 e. The van der Waals surface area contributed by atoms with Crippen molar-refractivity contribution in [3.8, 4) is 5.75 Å². The zero-order valence-corrected chi connectivity index (χ0v) is 15.4. The molecule has 2 aromatic carbocycles. The van der Waals surface area contributed by atoms with E-state index in [-0.39, 0.29) is 18.8 Å². The molecule has 0 saturated carbocycles. The molecule has 1 aromatic heterocycles. The van der Waals surface area contributed by atoms with Crippen LogP contribution in [0.5, 0.6) is 5.75 Å². The van der Waals surface area contributed by atoms with Crippen LogP contribution < -0.4 is 10.4 Å². The van der Waals surface area contributed by atoms with E-state index in [2.05, 4.69) is 0 Å². The minimum absolute atomic E-state index is 0.0989. The smallest absolute Gasteiger partial charge is 0.336 e. The summed E-state index contributed by atoms with van der Waals surface area (Å²) in [6.45, 7) is 1.67. The summed E-state index contributed by atoms with van der Waals surface area (Å²) in [6, 6.07) is 8.82. The Hall–Kier alpha value is -2.86. The molecular weight excluding hydrogens is 375 g/mol. The normalized spacial score (nSPS) is 10.8. The fraction of sp³-hybridized carbons (Fsp3) is 0.200. The van der Waals surface area contributed by atoms with Crippen molar-refractivity contribution in [3.05, 3.63) is 74.3 Å². The summed E-state index contributed by atoms with van der Waals surface area (Å²) in [6.07, 6.45) is -0.111. The molecule has 140 valence electrons. The minimum atomic E-state index is -0.556. The van der Waals surface area contributed by atoms with Gasteiger partial charge in [-0.3, -0.25) is 4.79 Å². The first-order chi connectivity index (χ1) is 12.9. The first-order valence-electron chi connectivity index (χ1n) is 8.08. The van der Waals surface area contributed by atoms with Crippen molar-refractivity contribution >= 4 is 28.5 Å². The number of benzene rings is 2. The third-order valence-corrected chi connectivity index (χ3v) is 4.47. The Labute approximate surface area is 159 Å². The van der Waals surface area contributed by atoms with Gasteiger partial charge in [-0.2, -0.15) is 0 Å². The summed E-state index contributed by atoms with van der Waals surface area (Å²) in [7, 11) is 1.36. The highest BCUT2D eigenvalue weighted by Gasteiger charge is 2.12. The average molecular weight is 391 g/mol. The monoisotopic (exact) mass is 390 g/mol. The quantitative estimate of drug-likeness (QED) is 0.483. The number of rotatable bonds is 5. The lowest BCUT2D eigenvalue weighted by atomic mass is 10.1. The van der Waals surface area contributed by atoms with Crippen LogP contribution in [0.1, 0.15) is 16.7 Å². The molecule has 7 heteroatoms. The molecule has 3 aromatic rings. The molecule has 0 aliphatic rings. The Balaban J connectivity index is 1.76. The molecule has 0 spiro atoms. The lowest BCUT2D eigenvalue weighted by molar-refractivity contribution is -0.144. The van der Waals surface area contributed by atoms with Crippen LogP contribution in [0.4, 0.5) is 4.39 Å². The molecule has 0 saturated heterocycles. The van der Waals surface area contributed by atoms with E-state index >= 15 is 0 Å². The van der Waals surface area contributed by atoms with Crippen LogP contribution in [0.25, 0.3) is 11.0 Å². The van der Waals surface area contributed by atoms with Gasteiger partial charge in [-0.25, -0.2) is 9.18 Å². The van der Waals surface area contributed by atoms with Gasteiger partial charge in [-0.15, -0.1) is 0 Å². The Morgan fingerprint density at radius 3 is 2.70 bits per heavy atom. The van der Waals surface area contributed by atoms with E-state index in [1.54, 1.807) is 25.1 Å². The summed E-state index contributed by atoms with van der Waals surface area (Å²) in [5.41, 5.74) is 1.52. The van der Waals surface area contributed by atoms with Gasteiger partial charge in [0.15, 0.2) is 11.6 Å². The van der Waals surface area contributed by atoms with Gasteiger partial charge in [-0.1, -0.05) is 17.7 Å². The third kappa shape index (κ3) is 4.28. The van der Waals surface area contributed by atoms with Crippen LogP contribution in [-0.2, 0) is 22.6 Å². The highest BCUT2D eigenvalue weighted by atomic mass is 35.5. The van der Waals surface area contributed by atoms with Crippen LogP contribution in [0.3, 0.4) is 0 Å². The standard InChI is InChI=1S/C20H16ClFO5/c1-11-5-18-14(9-15(11)21)13(8-20(24)27-18)10-26-19(23)7-12-3-4-17(25-2)16(22)6-12/h3-6,8-9H,7,10H2,1-2H3. The molecule has 5 nitrogen and oxygen atoms in total. The molecule has 3 rings (SSSR count). The number of carbonyl (C=O) groups excluding carboxylic acids is 1. The summed E-state index contributed by atoms with van der Waals surface area (Å²) in [5, 5.41) is 1.10. The van der Waals surface area contributed by atoms with E-state index in [0.29, 0.717) is 27.1 Å². The van der Waals surface area contributed by atoms with Crippen molar-refractivity contribution in [2.45, 2.75) is 20.0 Å². The van der Waals surface area contributed by atoms with Gasteiger partial charge in [0, 0.05) is 22.0 Å². The maximum Gasteiger partial charge on any atom is 0.336 e. The van der Waals surface area contributed by atoms with E-state index in [0.717, 1.165) is 5.56 Å². The van der Waals surface area contributed by atoms with Crippen molar-refractivity contribution in [1.82, 2.24) is 0 Å². The first kappa shape index (κ1) is 18.9. The van der Waals surface area contributed by atoms with Crippen LogP contribution >= 0.6 is 11.6 Å². The Morgan fingerprint density at radius 1 is 1.22 bits per heavy atom. The van der Waals surface area contributed by atoms with Gasteiger partial charge >= 0.3 is 11.6 Å². The van der Waals surface area contributed by atoms with Gasteiger partial charge in [0.05, 0.1) is 13.5 Å². The highest BCUT2D eigenvalue weighted by molar-refractivity contribution is 6.32. The maximum atomic E-state index is 13.7. The molecule has 0 unspecified atom stereocenters. The SMILES string of the molecule is COc1ccc(CC(=O)OCc2cc(=O)oc3cc(C)c(Cl)cc23)cc1F. The number of esters is 1.